The fourth-order valence-electron chi connectivity index (χ4n) is 3.94. The lowest BCUT2D eigenvalue weighted by Gasteiger charge is -2.40. The minimum absolute atomic E-state index is 0.119. The van der Waals surface area contributed by atoms with Crippen molar-refractivity contribution in [2.24, 2.45) is 0 Å². The van der Waals surface area contributed by atoms with Gasteiger partial charge in [0.2, 0.25) is 0 Å². The Morgan fingerprint density at radius 2 is 1.74 bits per heavy atom. The highest BCUT2D eigenvalue weighted by atomic mass is 32.1. The van der Waals surface area contributed by atoms with Crippen LogP contribution in [0.5, 0.6) is 0 Å². The summed E-state index contributed by atoms with van der Waals surface area (Å²) in [6.45, 7) is 5.23. The maximum atomic E-state index is 5.55. The van der Waals surface area contributed by atoms with E-state index in [-0.39, 0.29) is 6.04 Å². The van der Waals surface area contributed by atoms with Crippen LogP contribution in [-0.4, -0.2) is 29.6 Å². The molecule has 3 nitrogen and oxygen atoms in total. The van der Waals surface area contributed by atoms with Crippen molar-refractivity contribution >= 4 is 23.4 Å². The molecule has 0 bridgehead atoms. The van der Waals surface area contributed by atoms with Gasteiger partial charge in [0.1, 0.15) is 0 Å². The molecule has 2 aromatic carbocycles. The Balaban J connectivity index is 1.79. The molecule has 2 aliphatic heterocycles. The normalized spacial score (nSPS) is 21.6. The van der Waals surface area contributed by atoms with Crippen LogP contribution in [0.1, 0.15) is 30.5 Å². The molecule has 4 heteroatoms. The Morgan fingerprint density at radius 1 is 1.04 bits per heavy atom. The molecule has 27 heavy (non-hydrogen) atoms. The highest BCUT2D eigenvalue weighted by Crippen LogP contribution is 2.34. The van der Waals surface area contributed by atoms with E-state index in [9.17, 15) is 0 Å². The van der Waals surface area contributed by atoms with Crippen LogP contribution < -0.4 is 10.6 Å². The monoisotopic (exact) mass is 375 g/mol. The summed E-state index contributed by atoms with van der Waals surface area (Å²) in [7, 11) is 0. The average Bonchev–Trinajstić information content (AvgIpc) is 2.70. The Hall–Kier alpha value is -2.43. The van der Waals surface area contributed by atoms with Crippen molar-refractivity contribution < 1.29 is 0 Å². The molecular weight excluding hydrogens is 350 g/mol. The maximum absolute atomic E-state index is 5.55. The summed E-state index contributed by atoms with van der Waals surface area (Å²) in [6, 6.07) is 21.2. The molecule has 2 N–H and O–H groups in total. The smallest absolute Gasteiger partial charge is 0.171 e. The first-order valence-electron chi connectivity index (χ1n) is 9.58. The first-order chi connectivity index (χ1) is 13.2. The third kappa shape index (κ3) is 3.97. The van der Waals surface area contributed by atoms with Crippen LogP contribution in [0.3, 0.4) is 0 Å². The molecule has 0 fully saturated rings. The molecule has 0 spiro atoms. The molecule has 0 aliphatic carbocycles. The fourth-order valence-corrected chi connectivity index (χ4v) is 4.16. The van der Waals surface area contributed by atoms with E-state index >= 15 is 0 Å². The number of rotatable bonds is 4. The Labute approximate surface area is 166 Å². The summed E-state index contributed by atoms with van der Waals surface area (Å²) in [4.78, 5) is 2.53. The Kier molecular flexibility index (Phi) is 5.37. The fraction of sp³-hybridized carbons (Fsp3) is 0.261. The third-order valence-electron chi connectivity index (χ3n) is 5.11. The molecule has 2 heterocycles. The van der Waals surface area contributed by atoms with E-state index in [1.54, 1.807) is 0 Å². The molecule has 1 atom stereocenters. The van der Waals surface area contributed by atoms with Crippen LogP contribution in [0.2, 0.25) is 0 Å². The van der Waals surface area contributed by atoms with Crippen LogP contribution in [0.25, 0.3) is 6.08 Å². The summed E-state index contributed by atoms with van der Waals surface area (Å²) in [5, 5.41) is 7.64. The third-order valence-corrected chi connectivity index (χ3v) is 5.33. The van der Waals surface area contributed by atoms with Crippen molar-refractivity contribution in [3.05, 3.63) is 88.6 Å². The predicted octanol–water partition coefficient (Wildman–Crippen LogP) is 4.27. The van der Waals surface area contributed by atoms with E-state index in [2.05, 4.69) is 89.2 Å². The van der Waals surface area contributed by atoms with Crippen LogP contribution >= 0.6 is 12.2 Å². The zero-order valence-electron chi connectivity index (χ0n) is 15.6. The van der Waals surface area contributed by atoms with Crippen LogP contribution in [0.15, 0.2) is 77.5 Å². The molecule has 2 aliphatic rings. The van der Waals surface area contributed by atoms with Crippen LogP contribution in [-0.2, 0) is 0 Å². The molecule has 0 saturated heterocycles. The second kappa shape index (κ2) is 8.07. The van der Waals surface area contributed by atoms with Crippen LogP contribution in [0, 0.1) is 0 Å². The van der Waals surface area contributed by atoms with Gasteiger partial charge in [-0.05, 0) is 53.5 Å². The lowest BCUT2D eigenvalue weighted by Crippen LogP contribution is -2.50. The predicted molar refractivity (Wildman–Crippen MR) is 116 cm³/mol. The minimum Gasteiger partial charge on any atom is -0.352 e. The van der Waals surface area contributed by atoms with E-state index in [4.69, 9.17) is 12.2 Å². The molecule has 2 aromatic rings. The van der Waals surface area contributed by atoms with Crippen LogP contribution in [0.4, 0.5) is 0 Å². The van der Waals surface area contributed by atoms with Crippen molar-refractivity contribution in [2.75, 3.05) is 19.6 Å². The number of hydrogen-bond donors (Lipinski definition) is 2. The van der Waals surface area contributed by atoms with Crippen molar-refractivity contribution in [2.45, 2.75) is 19.4 Å². The molecule has 4 rings (SSSR count). The van der Waals surface area contributed by atoms with Gasteiger partial charge in [0.25, 0.3) is 0 Å². The molecular formula is C23H25N3S. The Bertz CT molecular complexity index is 871. The highest BCUT2D eigenvalue weighted by molar-refractivity contribution is 7.80. The van der Waals surface area contributed by atoms with Gasteiger partial charge < -0.3 is 10.6 Å². The van der Waals surface area contributed by atoms with Gasteiger partial charge in [0.05, 0.1) is 6.04 Å². The molecule has 0 radical (unpaired) electrons. The van der Waals surface area contributed by atoms with Crippen molar-refractivity contribution in [1.29, 1.82) is 0 Å². The van der Waals surface area contributed by atoms with Gasteiger partial charge in [0, 0.05) is 18.8 Å². The summed E-state index contributed by atoms with van der Waals surface area (Å²) in [6.07, 6.45) is 3.44. The number of benzene rings is 2. The maximum Gasteiger partial charge on any atom is 0.171 e. The summed E-state index contributed by atoms with van der Waals surface area (Å²) >= 11 is 5.55. The van der Waals surface area contributed by atoms with E-state index in [0.717, 1.165) is 26.1 Å². The van der Waals surface area contributed by atoms with E-state index in [0.29, 0.717) is 5.11 Å². The van der Waals surface area contributed by atoms with Gasteiger partial charge >= 0.3 is 0 Å². The number of nitrogens with zero attached hydrogens (tertiary/aromatic N) is 1. The minimum atomic E-state index is 0.119. The molecule has 0 aromatic heterocycles. The standard InChI is InChI=1S/C23H25N3S/c1-2-13-26-15-19(14-17-9-5-3-6-10-17)22-20(16-26)21(24-23(27)25-22)18-11-7-4-8-12-18/h3-12,14,21H,2,13,15-16H2,1H3,(H2,24,25,27)/b19-14+. The van der Waals surface area contributed by atoms with Crippen molar-refractivity contribution in [3.63, 3.8) is 0 Å². The highest BCUT2D eigenvalue weighted by Gasteiger charge is 2.32. The molecule has 138 valence electrons. The van der Waals surface area contributed by atoms with Crippen molar-refractivity contribution in [1.82, 2.24) is 15.5 Å². The molecule has 0 amide bonds. The average molecular weight is 376 g/mol. The number of hydrogen-bond acceptors (Lipinski definition) is 2. The number of nitrogens with one attached hydrogen (secondary N) is 2. The van der Waals surface area contributed by atoms with Gasteiger partial charge in [0.15, 0.2) is 5.11 Å². The largest absolute Gasteiger partial charge is 0.352 e. The van der Waals surface area contributed by atoms with E-state index < -0.39 is 0 Å². The SMILES string of the molecule is CCCN1CC2=C(NC(=S)NC2c2ccccc2)/C(=C/c2ccccc2)C1. The first kappa shape index (κ1) is 18.0. The van der Waals surface area contributed by atoms with E-state index in [1.165, 1.54) is 28.0 Å². The van der Waals surface area contributed by atoms with Gasteiger partial charge in [-0.2, -0.15) is 0 Å². The summed E-state index contributed by atoms with van der Waals surface area (Å²) in [5.41, 5.74) is 6.35. The molecule has 0 saturated carbocycles. The Morgan fingerprint density at radius 3 is 2.44 bits per heavy atom. The van der Waals surface area contributed by atoms with Gasteiger partial charge in [-0.15, -0.1) is 0 Å². The van der Waals surface area contributed by atoms with Gasteiger partial charge in [-0.25, -0.2) is 0 Å². The summed E-state index contributed by atoms with van der Waals surface area (Å²) in [5.74, 6) is 0. The second-order valence-electron chi connectivity index (χ2n) is 7.13. The second-order valence-corrected chi connectivity index (χ2v) is 7.54. The lowest BCUT2D eigenvalue weighted by atomic mass is 9.89. The summed E-state index contributed by atoms with van der Waals surface area (Å²) < 4.78 is 0. The number of thiocarbonyl (C=S) groups is 1. The van der Waals surface area contributed by atoms with Crippen molar-refractivity contribution in [3.8, 4) is 0 Å². The quantitative estimate of drug-likeness (QED) is 0.781. The first-order valence-corrected chi connectivity index (χ1v) is 9.99. The lowest BCUT2D eigenvalue weighted by molar-refractivity contribution is 0.301. The molecule has 1 unspecified atom stereocenters. The van der Waals surface area contributed by atoms with E-state index in [1.807, 2.05) is 0 Å². The zero-order chi connectivity index (χ0) is 18.6. The van der Waals surface area contributed by atoms with Gasteiger partial charge in [-0.1, -0.05) is 67.6 Å². The van der Waals surface area contributed by atoms with Gasteiger partial charge in [-0.3, -0.25) is 4.90 Å². The topological polar surface area (TPSA) is 27.3 Å². The zero-order valence-corrected chi connectivity index (χ0v) is 16.4.